The van der Waals surface area contributed by atoms with Gasteiger partial charge in [-0.25, -0.2) is 0 Å². The molecule has 2 unspecified atom stereocenters. The third-order valence-corrected chi connectivity index (χ3v) is 3.54. The average Bonchev–Trinajstić information content (AvgIpc) is 2.70. The number of hydrogen-bond donors (Lipinski definition) is 1. The lowest BCUT2D eigenvalue weighted by Gasteiger charge is -2.27. The number of nitrogens with one attached hydrogen (secondary N) is 1. The first-order chi connectivity index (χ1) is 7.27. The maximum absolute atomic E-state index is 5.22. The van der Waals surface area contributed by atoms with Gasteiger partial charge >= 0.3 is 0 Å². The van der Waals surface area contributed by atoms with Crippen LogP contribution < -0.4 is 5.32 Å². The van der Waals surface area contributed by atoms with Gasteiger partial charge in [0.1, 0.15) is 0 Å². The van der Waals surface area contributed by atoms with Gasteiger partial charge in [-0.3, -0.25) is 0 Å². The van der Waals surface area contributed by atoms with Gasteiger partial charge in [0.15, 0.2) is 0 Å². The molecule has 1 fully saturated rings. The predicted octanol–water partition coefficient (Wildman–Crippen LogP) is 2.83. The second-order valence-corrected chi connectivity index (χ2v) is 5.00. The standard InChI is InChI=1S/C13H27NO/c1-4-14-13(9-11(2)10-15-3)12-7-5-6-8-12/h11-14H,4-10H2,1-3H3. The summed E-state index contributed by atoms with van der Waals surface area (Å²) < 4.78 is 5.22. The van der Waals surface area contributed by atoms with Crippen LogP contribution in [0.5, 0.6) is 0 Å². The number of rotatable bonds is 7. The summed E-state index contributed by atoms with van der Waals surface area (Å²) in [6, 6.07) is 0.725. The van der Waals surface area contributed by atoms with E-state index in [4.69, 9.17) is 4.74 Å². The highest BCUT2D eigenvalue weighted by atomic mass is 16.5. The van der Waals surface area contributed by atoms with E-state index in [9.17, 15) is 0 Å². The van der Waals surface area contributed by atoms with Crippen LogP contribution in [0.4, 0.5) is 0 Å². The summed E-state index contributed by atoms with van der Waals surface area (Å²) >= 11 is 0. The maximum Gasteiger partial charge on any atom is 0.0488 e. The molecule has 1 rings (SSSR count). The predicted molar refractivity (Wildman–Crippen MR) is 65.1 cm³/mol. The van der Waals surface area contributed by atoms with Gasteiger partial charge in [-0.2, -0.15) is 0 Å². The van der Waals surface area contributed by atoms with Crippen molar-refractivity contribution in [1.82, 2.24) is 5.32 Å². The van der Waals surface area contributed by atoms with Crippen LogP contribution in [0.2, 0.25) is 0 Å². The Bertz CT molecular complexity index is 155. The molecule has 1 aliphatic carbocycles. The molecule has 2 atom stereocenters. The van der Waals surface area contributed by atoms with Crippen molar-refractivity contribution in [2.45, 2.75) is 52.0 Å². The van der Waals surface area contributed by atoms with Gasteiger partial charge in [-0.05, 0) is 37.6 Å². The monoisotopic (exact) mass is 213 g/mol. The van der Waals surface area contributed by atoms with Crippen LogP contribution in [0, 0.1) is 11.8 Å². The first kappa shape index (κ1) is 13.0. The molecule has 0 radical (unpaired) electrons. The Morgan fingerprint density at radius 1 is 1.33 bits per heavy atom. The molecule has 15 heavy (non-hydrogen) atoms. The Morgan fingerprint density at radius 3 is 2.53 bits per heavy atom. The summed E-state index contributed by atoms with van der Waals surface area (Å²) in [7, 11) is 1.80. The zero-order valence-electron chi connectivity index (χ0n) is 10.6. The molecule has 0 aliphatic heterocycles. The number of hydrogen-bond acceptors (Lipinski definition) is 2. The molecule has 90 valence electrons. The molecule has 0 heterocycles. The molecule has 0 aromatic heterocycles. The maximum atomic E-state index is 5.22. The fraction of sp³-hybridized carbons (Fsp3) is 1.00. The van der Waals surface area contributed by atoms with E-state index in [1.165, 1.54) is 32.1 Å². The SMILES string of the molecule is CCNC(CC(C)COC)C1CCCC1. The van der Waals surface area contributed by atoms with Crippen LogP contribution in [-0.2, 0) is 4.74 Å². The molecule has 0 amide bonds. The van der Waals surface area contributed by atoms with E-state index < -0.39 is 0 Å². The second kappa shape index (κ2) is 7.24. The zero-order chi connectivity index (χ0) is 11.1. The molecular weight excluding hydrogens is 186 g/mol. The highest BCUT2D eigenvalue weighted by molar-refractivity contribution is 4.81. The molecule has 2 nitrogen and oxygen atoms in total. The molecule has 0 spiro atoms. The molecule has 1 N–H and O–H groups in total. The lowest BCUT2D eigenvalue weighted by Crippen LogP contribution is -2.37. The van der Waals surface area contributed by atoms with Crippen LogP contribution in [0.25, 0.3) is 0 Å². The second-order valence-electron chi connectivity index (χ2n) is 5.00. The smallest absolute Gasteiger partial charge is 0.0488 e. The summed E-state index contributed by atoms with van der Waals surface area (Å²) in [6.07, 6.45) is 7.00. The molecule has 0 aromatic carbocycles. The topological polar surface area (TPSA) is 21.3 Å². The zero-order valence-corrected chi connectivity index (χ0v) is 10.6. The van der Waals surface area contributed by atoms with Crippen molar-refractivity contribution in [2.75, 3.05) is 20.3 Å². The lowest BCUT2D eigenvalue weighted by molar-refractivity contribution is 0.143. The Balaban J connectivity index is 2.34. The van der Waals surface area contributed by atoms with E-state index in [0.717, 1.165) is 25.1 Å². The quantitative estimate of drug-likeness (QED) is 0.702. The van der Waals surface area contributed by atoms with Crippen molar-refractivity contribution in [3.63, 3.8) is 0 Å². The minimum Gasteiger partial charge on any atom is -0.384 e. The van der Waals surface area contributed by atoms with Crippen molar-refractivity contribution < 1.29 is 4.74 Å². The van der Waals surface area contributed by atoms with E-state index >= 15 is 0 Å². The van der Waals surface area contributed by atoms with Crippen molar-refractivity contribution in [3.05, 3.63) is 0 Å². The van der Waals surface area contributed by atoms with Crippen LogP contribution in [0.15, 0.2) is 0 Å². The summed E-state index contributed by atoms with van der Waals surface area (Å²) in [6.45, 7) is 6.50. The molecule has 0 bridgehead atoms. The molecule has 0 aromatic rings. The fourth-order valence-corrected chi connectivity index (χ4v) is 2.85. The van der Waals surface area contributed by atoms with Gasteiger partial charge in [0.2, 0.25) is 0 Å². The highest BCUT2D eigenvalue weighted by Crippen LogP contribution is 2.30. The average molecular weight is 213 g/mol. The largest absolute Gasteiger partial charge is 0.384 e. The van der Waals surface area contributed by atoms with Crippen LogP contribution in [0.3, 0.4) is 0 Å². The summed E-state index contributed by atoms with van der Waals surface area (Å²) in [5.74, 6) is 1.60. The number of methoxy groups -OCH3 is 1. The Morgan fingerprint density at radius 2 is 2.00 bits per heavy atom. The third-order valence-electron chi connectivity index (χ3n) is 3.54. The van der Waals surface area contributed by atoms with Crippen molar-refractivity contribution >= 4 is 0 Å². The van der Waals surface area contributed by atoms with E-state index in [0.29, 0.717) is 5.92 Å². The third kappa shape index (κ3) is 4.52. The van der Waals surface area contributed by atoms with Gasteiger partial charge < -0.3 is 10.1 Å². The van der Waals surface area contributed by atoms with Crippen molar-refractivity contribution in [3.8, 4) is 0 Å². The van der Waals surface area contributed by atoms with E-state index in [1.54, 1.807) is 7.11 Å². The summed E-state index contributed by atoms with van der Waals surface area (Å²) in [5.41, 5.74) is 0. The van der Waals surface area contributed by atoms with Gasteiger partial charge in [0.05, 0.1) is 0 Å². The molecular formula is C13H27NO. The van der Waals surface area contributed by atoms with Crippen LogP contribution in [0.1, 0.15) is 46.0 Å². The van der Waals surface area contributed by atoms with Gasteiger partial charge in [0.25, 0.3) is 0 Å². The van der Waals surface area contributed by atoms with Crippen molar-refractivity contribution in [1.29, 1.82) is 0 Å². The Kier molecular flexibility index (Phi) is 6.26. The normalized spacial score (nSPS) is 21.8. The molecule has 1 saturated carbocycles. The van der Waals surface area contributed by atoms with Crippen LogP contribution in [-0.4, -0.2) is 26.3 Å². The number of ether oxygens (including phenoxy) is 1. The minimum absolute atomic E-state index is 0.680. The van der Waals surface area contributed by atoms with Gasteiger partial charge in [-0.1, -0.05) is 26.7 Å². The first-order valence-electron chi connectivity index (χ1n) is 6.50. The molecule has 0 saturated heterocycles. The Labute approximate surface area is 94.8 Å². The lowest BCUT2D eigenvalue weighted by atomic mass is 9.90. The highest BCUT2D eigenvalue weighted by Gasteiger charge is 2.25. The van der Waals surface area contributed by atoms with E-state index in [-0.39, 0.29) is 0 Å². The molecule has 1 aliphatic rings. The van der Waals surface area contributed by atoms with E-state index in [2.05, 4.69) is 19.2 Å². The molecule has 2 heteroatoms. The van der Waals surface area contributed by atoms with Gasteiger partial charge in [-0.15, -0.1) is 0 Å². The first-order valence-corrected chi connectivity index (χ1v) is 6.50. The summed E-state index contributed by atoms with van der Waals surface area (Å²) in [4.78, 5) is 0. The van der Waals surface area contributed by atoms with Gasteiger partial charge in [0, 0.05) is 19.8 Å². The minimum atomic E-state index is 0.680. The van der Waals surface area contributed by atoms with E-state index in [1.807, 2.05) is 0 Å². The fourth-order valence-electron chi connectivity index (χ4n) is 2.85. The Hall–Kier alpha value is -0.0800. The van der Waals surface area contributed by atoms with Crippen LogP contribution >= 0.6 is 0 Å². The summed E-state index contributed by atoms with van der Waals surface area (Å²) in [5, 5.41) is 3.66. The van der Waals surface area contributed by atoms with Crippen molar-refractivity contribution in [2.24, 2.45) is 11.8 Å².